The molecule has 1 heterocycles. The first-order valence-corrected chi connectivity index (χ1v) is 4.36. The van der Waals surface area contributed by atoms with Gasteiger partial charge >= 0.3 is 0 Å². The van der Waals surface area contributed by atoms with E-state index in [0.29, 0.717) is 5.88 Å². The molecular formula is C10H15NO2. The van der Waals surface area contributed by atoms with Crippen molar-refractivity contribution in [3.8, 4) is 5.88 Å². The number of rotatable bonds is 3. The summed E-state index contributed by atoms with van der Waals surface area (Å²) in [5.41, 5.74) is 1.77. The van der Waals surface area contributed by atoms with Gasteiger partial charge in [-0.25, -0.2) is 4.98 Å². The Balaban J connectivity index is 2.85. The van der Waals surface area contributed by atoms with Crippen molar-refractivity contribution in [2.45, 2.75) is 33.5 Å². The zero-order chi connectivity index (χ0) is 9.84. The second-order valence-electron chi connectivity index (χ2n) is 3.29. The van der Waals surface area contributed by atoms with Gasteiger partial charge in [0.25, 0.3) is 0 Å². The maximum Gasteiger partial charge on any atom is 0.216 e. The Kier molecular flexibility index (Phi) is 3.25. The van der Waals surface area contributed by atoms with E-state index >= 15 is 0 Å². The molecule has 0 amide bonds. The van der Waals surface area contributed by atoms with E-state index in [9.17, 15) is 0 Å². The first kappa shape index (κ1) is 9.99. The first-order chi connectivity index (χ1) is 6.13. The zero-order valence-corrected chi connectivity index (χ0v) is 8.24. The summed E-state index contributed by atoms with van der Waals surface area (Å²) in [7, 11) is 0. The predicted molar refractivity (Wildman–Crippen MR) is 50.7 cm³/mol. The van der Waals surface area contributed by atoms with Crippen LogP contribution in [0, 0.1) is 6.92 Å². The minimum atomic E-state index is 0.0236. The highest BCUT2D eigenvalue weighted by Gasteiger charge is 2.03. The average molecular weight is 181 g/mol. The van der Waals surface area contributed by atoms with Crippen LogP contribution in [0.25, 0.3) is 0 Å². The summed E-state index contributed by atoms with van der Waals surface area (Å²) in [6, 6.07) is 1.88. The molecule has 13 heavy (non-hydrogen) atoms. The van der Waals surface area contributed by atoms with Gasteiger partial charge in [-0.15, -0.1) is 0 Å². The molecule has 72 valence electrons. The molecule has 1 aromatic rings. The Morgan fingerprint density at radius 3 is 2.69 bits per heavy atom. The summed E-state index contributed by atoms with van der Waals surface area (Å²) in [5.74, 6) is 0.646. The highest BCUT2D eigenvalue weighted by atomic mass is 16.5. The average Bonchev–Trinajstić information content (AvgIpc) is 2.08. The number of aliphatic hydroxyl groups excluding tert-OH is 1. The molecule has 0 aromatic carbocycles. The second kappa shape index (κ2) is 4.23. The van der Waals surface area contributed by atoms with Crippen molar-refractivity contribution in [3.63, 3.8) is 0 Å². The molecule has 3 heteroatoms. The number of aromatic nitrogens is 1. The fourth-order valence-corrected chi connectivity index (χ4v) is 1.05. The molecule has 1 N–H and O–H groups in total. The normalized spacial score (nSPS) is 10.5. The highest BCUT2D eigenvalue weighted by molar-refractivity contribution is 5.28. The molecule has 0 saturated heterocycles. The maximum atomic E-state index is 8.85. The van der Waals surface area contributed by atoms with Crippen molar-refractivity contribution >= 4 is 0 Å². The molecule has 0 saturated carbocycles. The summed E-state index contributed by atoms with van der Waals surface area (Å²) >= 11 is 0. The van der Waals surface area contributed by atoms with E-state index in [2.05, 4.69) is 4.98 Å². The second-order valence-corrected chi connectivity index (χ2v) is 3.29. The Hall–Kier alpha value is -1.09. The number of pyridine rings is 1. The molecule has 0 fully saturated rings. The summed E-state index contributed by atoms with van der Waals surface area (Å²) < 4.78 is 5.45. The van der Waals surface area contributed by atoms with Crippen LogP contribution < -0.4 is 4.74 Å². The number of aliphatic hydroxyl groups is 1. The van der Waals surface area contributed by atoms with Crippen molar-refractivity contribution in [2.75, 3.05) is 0 Å². The van der Waals surface area contributed by atoms with Crippen LogP contribution in [-0.2, 0) is 6.61 Å². The number of ether oxygens (including phenoxy) is 1. The van der Waals surface area contributed by atoms with Crippen LogP contribution in [-0.4, -0.2) is 16.2 Å². The van der Waals surface area contributed by atoms with Crippen molar-refractivity contribution in [1.29, 1.82) is 0 Å². The molecule has 1 aromatic heterocycles. The molecule has 0 aliphatic rings. The van der Waals surface area contributed by atoms with Crippen LogP contribution in [0.1, 0.15) is 25.0 Å². The van der Waals surface area contributed by atoms with Gasteiger partial charge in [0.05, 0.1) is 12.7 Å². The summed E-state index contributed by atoms with van der Waals surface area (Å²) in [4.78, 5) is 4.11. The minimum absolute atomic E-state index is 0.0236. The van der Waals surface area contributed by atoms with Crippen LogP contribution in [0.15, 0.2) is 12.3 Å². The van der Waals surface area contributed by atoms with E-state index in [1.54, 1.807) is 6.20 Å². The van der Waals surface area contributed by atoms with E-state index in [1.807, 2.05) is 26.8 Å². The third-order valence-electron chi connectivity index (χ3n) is 1.62. The van der Waals surface area contributed by atoms with Gasteiger partial charge in [-0.3, -0.25) is 0 Å². The first-order valence-electron chi connectivity index (χ1n) is 4.36. The number of hydrogen-bond donors (Lipinski definition) is 1. The Morgan fingerprint density at radius 2 is 2.23 bits per heavy atom. The number of aryl methyl sites for hydroxylation is 1. The van der Waals surface area contributed by atoms with Crippen LogP contribution in [0.5, 0.6) is 5.88 Å². The van der Waals surface area contributed by atoms with Crippen LogP contribution in [0.3, 0.4) is 0 Å². The van der Waals surface area contributed by atoms with E-state index < -0.39 is 0 Å². The third kappa shape index (κ3) is 2.70. The Bertz CT molecular complexity index is 284. The lowest BCUT2D eigenvalue weighted by Crippen LogP contribution is -2.08. The summed E-state index contributed by atoms with van der Waals surface area (Å²) in [6.45, 7) is 5.86. The predicted octanol–water partition coefficient (Wildman–Crippen LogP) is 1.67. The lowest BCUT2D eigenvalue weighted by atomic mass is 10.2. The van der Waals surface area contributed by atoms with Crippen molar-refractivity contribution in [3.05, 3.63) is 23.4 Å². The molecule has 0 atom stereocenters. The molecule has 0 aliphatic heterocycles. The Labute approximate surface area is 78.4 Å². The van der Waals surface area contributed by atoms with Gasteiger partial charge in [0.15, 0.2) is 0 Å². The quantitative estimate of drug-likeness (QED) is 0.771. The molecular weight excluding hydrogens is 166 g/mol. The largest absolute Gasteiger partial charge is 0.475 e. The van der Waals surface area contributed by atoms with Crippen molar-refractivity contribution < 1.29 is 9.84 Å². The molecule has 1 rings (SSSR count). The smallest absolute Gasteiger partial charge is 0.216 e. The maximum absolute atomic E-state index is 8.85. The topological polar surface area (TPSA) is 42.4 Å². The van der Waals surface area contributed by atoms with Gasteiger partial charge in [0.1, 0.15) is 0 Å². The monoisotopic (exact) mass is 181 g/mol. The fourth-order valence-electron chi connectivity index (χ4n) is 1.05. The summed E-state index contributed by atoms with van der Waals surface area (Å²) in [5, 5.41) is 8.85. The summed E-state index contributed by atoms with van der Waals surface area (Å²) in [6.07, 6.45) is 1.76. The van der Waals surface area contributed by atoms with Crippen LogP contribution in [0.2, 0.25) is 0 Å². The lowest BCUT2D eigenvalue weighted by Gasteiger charge is -2.11. The lowest BCUT2D eigenvalue weighted by molar-refractivity contribution is 0.230. The SMILES string of the molecule is Cc1cc(CO)cnc1OC(C)C. The fraction of sp³-hybridized carbons (Fsp3) is 0.500. The van der Waals surface area contributed by atoms with Crippen LogP contribution >= 0.6 is 0 Å². The van der Waals surface area contributed by atoms with Gasteiger partial charge < -0.3 is 9.84 Å². The molecule has 0 unspecified atom stereocenters. The van der Waals surface area contributed by atoms with Crippen LogP contribution in [0.4, 0.5) is 0 Å². The highest BCUT2D eigenvalue weighted by Crippen LogP contribution is 2.16. The number of hydrogen-bond acceptors (Lipinski definition) is 3. The van der Waals surface area contributed by atoms with Crippen molar-refractivity contribution in [1.82, 2.24) is 4.98 Å². The molecule has 0 spiro atoms. The van der Waals surface area contributed by atoms with Crippen molar-refractivity contribution in [2.24, 2.45) is 0 Å². The third-order valence-corrected chi connectivity index (χ3v) is 1.62. The Morgan fingerprint density at radius 1 is 1.54 bits per heavy atom. The van der Waals surface area contributed by atoms with E-state index in [1.165, 1.54) is 0 Å². The van der Waals surface area contributed by atoms with E-state index in [-0.39, 0.29) is 12.7 Å². The van der Waals surface area contributed by atoms with Gasteiger partial charge in [-0.05, 0) is 32.4 Å². The van der Waals surface area contributed by atoms with E-state index in [4.69, 9.17) is 9.84 Å². The van der Waals surface area contributed by atoms with Gasteiger partial charge in [-0.2, -0.15) is 0 Å². The molecule has 3 nitrogen and oxygen atoms in total. The van der Waals surface area contributed by atoms with E-state index in [0.717, 1.165) is 11.1 Å². The van der Waals surface area contributed by atoms with Gasteiger partial charge in [0.2, 0.25) is 5.88 Å². The standard InChI is InChI=1S/C10H15NO2/c1-7(2)13-10-8(3)4-9(6-12)5-11-10/h4-5,7,12H,6H2,1-3H3. The molecule has 0 radical (unpaired) electrons. The minimum Gasteiger partial charge on any atom is -0.475 e. The zero-order valence-electron chi connectivity index (χ0n) is 8.24. The number of nitrogens with zero attached hydrogens (tertiary/aromatic N) is 1. The van der Waals surface area contributed by atoms with Gasteiger partial charge in [0, 0.05) is 11.8 Å². The molecule has 0 aliphatic carbocycles. The molecule has 0 bridgehead atoms. The van der Waals surface area contributed by atoms with Gasteiger partial charge in [-0.1, -0.05) is 0 Å².